The van der Waals surface area contributed by atoms with E-state index < -0.39 is 0 Å². The molecule has 4 heteroatoms. The van der Waals surface area contributed by atoms with Crippen molar-refractivity contribution in [2.45, 2.75) is 26.0 Å². The van der Waals surface area contributed by atoms with Gasteiger partial charge in [-0.2, -0.15) is 0 Å². The molecule has 112 valence electrons. The molecule has 0 amide bonds. The summed E-state index contributed by atoms with van der Waals surface area (Å²) in [6.07, 6.45) is 0.130. The largest absolute Gasteiger partial charge is 0.491 e. The molecule has 0 fully saturated rings. The van der Waals surface area contributed by atoms with E-state index >= 15 is 0 Å². The van der Waals surface area contributed by atoms with Crippen LogP contribution in [0.1, 0.15) is 25.5 Å². The average Bonchev–Trinajstić information content (AvgIpc) is 2.44. The van der Waals surface area contributed by atoms with Crippen LogP contribution in [0, 0.1) is 0 Å². The average molecular weight is 350 g/mol. The van der Waals surface area contributed by atoms with E-state index in [-0.39, 0.29) is 18.8 Å². The fraction of sp³-hybridized carbons (Fsp3) is 0.294. The lowest BCUT2D eigenvalue weighted by molar-refractivity contribution is 0.241. The van der Waals surface area contributed by atoms with Gasteiger partial charge in [0.1, 0.15) is 5.75 Å². The molecule has 1 unspecified atom stereocenters. The van der Waals surface area contributed by atoms with Crippen molar-refractivity contribution >= 4 is 21.6 Å². The van der Waals surface area contributed by atoms with Crippen molar-refractivity contribution in [2.75, 3.05) is 11.9 Å². The van der Waals surface area contributed by atoms with E-state index in [0.29, 0.717) is 0 Å². The van der Waals surface area contributed by atoms with Gasteiger partial charge in [0.25, 0.3) is 0 Å². The maximum absolute atomic E-state index is 9.67. The quantitative estimate of drug-likeness (QED) is 0.812. The third kappa shape index (κ3) is 4.76. The van der Waals surface area contributed by atoms with Crippen LogP contribution in [0.3, 0.4) is 0 Å². The summed E-state index contributed by atoms with van der Waals surface area (Å²) >= 11 is 3.45. The van der Waals surface area contributed by atoms with Crippen molar-refractivity contribution in [1.29, 1.82) is 0 Å². The topological polar surface area (TPSA) is 41.5 Å². The SMILES string of the molecule is CC(C)Oc1cccc(C(CO)Nc2cccc(Br)c2)c1. The zero-order valence-electron chi connectivity index (χ0n) is 12.2. The summed E-state index contributed by atoms with van der Waals surface area (Å²) < 4.78 is 6.70. The van der Waals surface area contributed by atoms with Gasteiger partial charge in [-0.15, -0.1) is 0 Å². The maximum atomic E-state index is 9.67. The van der Waals surface area contributed by atoms with Crippen molar-refractivity contribution in [2.24, 2.45) is 0 Å². The molecule has 2 rings (SSSR count). The van der Waals surface area contributed by atoms with Crippen LogP contribution in [-0.2, 0) is 0 Å². The fourth-order valence-corrected chi connectivity index (χ4v) is 2.49. The Labute approximate surface area is 134 Å². The highest BCUT2D eigenvalue weighted by molar-refractivity contribution is 9.10. The highest BCUT2D eigenvalue weighted by atomic mass is 79.9. The van der Waals surface area contributed by atoms with E-state index in [2.05, 4.69) is 21.2 Å². The van der Waals surface area contributed by atoms with Gasteiger partial charge in [-0.05, 0) is 49.7 Å². The number of hydrogen-bond donors (Lipinski definition) is 2. The van der Waals surface area contributed by atoms with Crippen molar-refractivity contribution < 1.29 is 9.84 Å². The molecule has 0 saturated heterocycles. The first kappa shape index (κ1) is 15.9. The summed E-state index contributed by atoms with van der Waals surface area (Å²) in [5, 5.41) is 13.0. The minimum absolute atomic E-state index is 0.0116. The predicted octanol–water partition coefficient (Wildman–Crippen LogP) is 4.38. The molecule has 0 spiro atoms. The standard InChI is InChI=1S/C17H20BrNO2/c1-12(2)21-16-8-3-5-13(9-16)17(11-20)19-15-7-4-6-14(18)10-15/h3-10,12,17,19-20H,11H2,1-2H3. The lowest BCUT2D eigenvalue weighted by atomic mass is 10.1. The highest BCUT2D eigenvalue weighted by Gasteiger charge is 2.11. The lowest BCUT2D eigenvalue weighted by Gasteiger charge is -2.19. The molecular weight excluding hydrogens is 330 g/mol. The molecule has 0 radical (unpaired) electrons. The molecule has 2 N–H and O–H groups in total. The highest BCUT2D eigenvalue weighted by Crippen LogP contribution is 2.25. The maximum Gasteiger partial charge on any atom is 0.120 e. The minimum Gasteiger partial charge on any atom is -0.491 e. The van der Waals surface area contributed by atoms with Crippen molar-refractivity contribution in [3.05, 3.63) is 58.6 Å². The first-order valence-electron chi connectivity index (χ1n) is 6.98. The Morgan fingerprint density at radius 3 is 2.57 bits per heavy atom. The van der Waals surface area contributed by atoms with Gasteiger partial charge in [0.05, 0.1) is 18.8 Å². The van der Waals surface area contributed by atoms with E-state index in [1.807, 2.05) is 62.4 Å². The Morgan fingerprint density at radius 2 is 1.90 bits per heavy atom. The summed E-state index contributed by atoms with van der Waals surface area (Å²) in [7, 11) is 0. The fourth-order valence-electron chi connectivity index (χ4n) is 2.09. The van der Waals surface area contributed by atoms with Gasteiger partial charge in [-0.3, -0.25) is 0 Å². The summed E-state index contributed by atoms with van der Waals surface area (Å²) in [6, 6.07) is 15.5. The molecule has 21 heavy (non-hydrogen) atoms. The zero-order valence-corrected chi connectivity index (χ0v) is 13.8. The van der Waals surface area contributed by atoms with E-state index in [1.165, 1.54) is 0 Å². The smallest absolute Gasteiger partial charge is 0.120 e. The van der Waals surface area contributed by atoms with E-state index in [9.17, 15) is 5.11 Å². The molecule has 0 aliphatic rings. The van der Waals surface area contributed by atoms with Crippen molar-refractivity contribution in [3.63, 3.8) is 0 Å². The van der Waals surface area contributed by atoms with Gasteiger partial charge in [0.2, 0.25) is 0 Å². The van der Waals surface area contributed by atoms with Crippen LogP contribution in [0.5, 0.6) is 5.75 Å². The summed E-state index contributed by atoms with van der Waals surface area (Å²) in [4.78, 5) is 0. The Balaban J connectivity index is 2.17. The van der Waals surface area contributed by atoms with Crippen LogP contribution in [0.4, 0.5) is 5.69 Å². The van der Waals surface area contributed by atoms with Gasteiger partial charge in [-0.1, -0.05) is 34.1 Å². The lowest BCUT2D eigenvalue weighted by Crippen LogP contribution is -2.15. The number of aliphatic hydroxyl groups excluding tert-OH is 1. The number of ether oxygens (including phenoxy) is 1. The second-order valence-corrected chi connectivity index (χ2v) is 6.04. The van der Waals surface area contributed by atoms with Gasteiger partial charge < -0.3 is 15.2 Å². The molecule has 0 bridgehead atoms. The Bertz CT molecular complexity index is 587. The van der Waals surface area contributed by atoms with Gasteiger partial charge in [0.15, 0.2) is 0 Å². The normalized spacial score (nSPS) is 12.2. The molecule has 0 aliphatic heterocycles. The van der Waals surface area contributed by atoms with Gasteiger partial charge in [-0.25, -0.2) is 0 Å². The Morgan fingerprint density at radius 1 is 1.14 bits per heavy atom. The third-order valence-electron chi connectivity index (χ3n) is 2.98. The van der Waals surface area contributed by atoms with Crippen LogP contribution in [-0.4, -0.2) is 17.8 Å². The van der Waals surface area contributed by atoms with E-state index in [4.69, 9.17) is 4.74 Å². The Hall–Kier alpha value is -1.52. The number of halogens is 1. The molecular formula is C17H20BrNO2. The first-order valence-corrected chi connectivity index (χ1v) is 7.77. The molecule has 2 aromatic rings. The van der Waals surface area contributed by atoms with Crippen LogP contribution in [0.2, 0.25) is 0 Å². The second kappa shape index (κ2) is 7.48. The molecule has 2 aromatic carbocycles. The van der Waals surface area contributed by atoms with Crippen molar-refractivity contribution in [3.8, 4) is 5.75 Å². The summed E-state index contributed by atoms with van der Waals surface area (Å²) in [6.45, 7) is 4.00. The molecule has 0 aliphatic carbocycles. The van der Waals surface area contributed by atoms with Gasteiger partial charge in [0, 0.05) is 10.2 Å². The first-order chi connectivity index (χ1) is 10.1. The van der Waals surface area contributed by atoms with Crippen LogP contribution >= 0.6 is 15.9 Å². The van der Waals surface area contributed by atoms with Crippen LogP contribution in [0.25, 0.3) is 0 Å². The predicted molar refractivity (Wildman–Crippen MR) is 89.8 cm³/mol. The second-order valence-electron chi connectivity index (χ2n) is 5.13. The van der Waals surface area contributed by atoms with Crippen LogP contribution < -0.4 is 10.1 Å². The van der Waals surface area contributed by atoms with E-state index in [0.717, 1.165) is 21.5 Å². The Kier molecular flexibility index (Phi) is 5.65. The minimum atomic E-state index is -0.171. The number of aliphatic hydroxyl groups is 1. The molecule has 0 heterocycles. The molecule has 3 nitrogen and oxygen atoms in total. The number of hydrogen-bond acceptors (Lipinski definition) is 3. The summed E-state index contributed by atoms with van der Waals surface area (Å²) in [5.41, 5.74) is 1.95. The molecule has 1 atom stereocenters. The number of anilines is 1. The third-order valence-corrected chi connectivity index (χ3v) is 3.47. The van der Waals surface area contributed by atoms with Crippen molar-refractivity contribution in [1.82, 2.24) is 0 Å². The monoisotopic (exact) mass is 349 g/mol. The number of benzene rings is 2. The molecule has 0 aromatic heterocycles. The molecule has 0 saturated carbocycles. The number of nitrogens with one attached hydrogen (secondary N) is 1. The van der Waals surface area contributed by atoms with Gasteiger partial charge >= 0.3 is 0 Å². The zero-order chi connectivity index (χ0) is 15.2. The summed E-state index contributed by atoms with van der Waals surface area (Å²) in [5.74, 6) is 0.817. The van der Waals surface area contributed by atoms with Crippen LogP contribution in [0.15, 0.2) is 53.0 Å². The number of rotatable bonds is 6. The van der Waals surface area contributed by atoms with E-state index in [1.54, 1.807) is 0 Å².